The van der Waals surface area contributed by atoms with Crippen LogP contribution in [0.25, 0.3) is 0 Å². The lowest BCUT2D eigenvalue weighted by Gasteiger charge is -2.36. The van der Waals surface area contributed by atoms with Crippen molar-refractivity contribution in [2.45, 2.75) is 32.0 Å². The van der Waals surface area contributed by atoms with Crippen LogP contribution in [0.4, 0.5) is 23.7 Å². The lowest BCUT2D eigenvalue weighted by molar-refractivity contribution is -0.239. The highest BCUT2D eigenvalue weighted by atomic mass is 35.5. The molecule has 1 heterocycles. The van der Waals surface area contributed by atoms with Gasteiger partial charge in [-0.3, -0.25) is 5.31 Å². The smallest absolute Gasteiger partial charge is 0.415 e. The Bertz CT molecular complexity index is 815. The summed E-state index contributed by atoms with van der Waals surface area (Å²) in [5.41, 5.74) is -3.34. The van der Waals surface area contributed by atoms with Crippen LogP contribution in [0, 0.1) is 30.6 Å². The average molecular weight is 371 g/mol. The topological polar surface area (TPSA) is 38.3 Å². The number of aryl methyl sites for hydroxylation is 1. The second kappa shape index (κ2) is 5.07. The molecule has 2 aliphatic rings. The third-order valence-corrected chi connectivity index (χ3v) is 4.46. The van der Waals surface area contributed by atoms with Crippen LogP contribution in [0.15, 0.2) is 12.1 Å². The van der Waals surface area contributed by atoms with Crippen molar-refractivity contribution in [1.29, 1.82) is 0 Å². The van der Waals surface area contributed by atoms with Crippen LogP contribution in [0.5, 0.6) is 0 Å². The van der Waals surface area contributed by atoms with Crippen molar-refractivity contribution in [2.24, 2.45) is 11.8 Å². The van der Waals surface area contributed by atoms with Crippen molar-refractivity contribution in [3.8, 4) is 11.8 Å². The van der Waals surface area contributed by atoms with Gasteiger partial charge >= 0.3 is 12.3 Å². The Morgan fingerprint density at radius 2 is 2.22 bits per heavy atom. The van der Waals surface area contributed by atoms with Gasteiger partial charge in [0.15, 0.2) is 1.41 Å². The second-order valence-corrected chi connectivity index (χ2v) is 6.27. The molecule has 0 aromatic heterocycles. The number of carbonyl (C=O) groups is 1. The van der Waals surface area contributed by atoms with E-state index in [-0.39, 0.29) is 46.4 Å². The molecule has 2 unspecified atom stereocenters. The number of carbonyl (C=O) groups excluding carboxylic acids is 1. The predicted octanol–water partition coefficient (Wildman–Crippen LogP) is 7.83. The molecule has 23 heavy (non-hydrogen) atoms. The van der Waals surface area contributed by atoms with Crippen molar-refractivity contribution in [2.75, 3.05) is 5.31 Å². The first kappa shape index (κ1) is 14.7. The Hall–Kier alpha value is -1.87. The summed E-state index contributed by atoms with van der Waals surface area (Å²) in [5, 5.41) is 0.361. The predicted molar refractivity (Wildman–Crippen MR) is 107 cm³/mol. The first-order valence-corrected chi connectivity index (χ1v) is 7.36. The molecule has 1 saturated carbocycles. The molecule has 0 spiro atoms. The van der Waals surface area contributed by atoms with Gasteiger partial charge in [0.25, 0.3) is 5.60 Å². The summed E-state index contributed by atoms with van der Waals surface area (Å²) in [6.07, 6.45) is -5.69. The van der Waals surface area contributed by atoms with Crippen LogP contribution in [0.2, 0.25) is 6.43 Å². The van der Waals surface area contributed by atoms with Gasteiger partial charge in [0, 0.05) is 35.1 Å². The zero-order valence-corrected chi connectivity index (χ0v) is 13.0. The van der Waals surface area contributed by atoms with E-state index in [4.69, 9.17) is 13.0 Å². The number of cyclic esters (lactones) is 1. The summed E-state index contributed by atoms with van der Waals surface area (Å²) in [5.74, 6) is 4.77. The van der Waals surface area contributed by atoms with Gasteiger partial charge < -0.3 is 4.74 Å². The molecule has 1 aromatic rings. The highest BCUT2D eigenvalue weighted by Crippen LogP contribution is 2.49. The number of amides is 1. The molecule has 1 N–H and O–H groups in total. The molecule has 3 rings (SSSR count). The molecule has 0 bridgehead atoms. The van der Waals surface area contributed by atoms with Crippen LogP contribution in [-0.2, 0) is 10.3 Å². The Morgan fingerprint density at radius 1 is 1.57 bits per heavy atom. The van der Waals surface area contributed by atoms with E-state index in [1.54, 1.807) is 6.92 Å². The SMILES string of the molecule is [2H]N1C(=O)O[C@](C#CC2CC2C)(C(F)(F)F)c2cc(Cl)c(C)cc21.[HH].[HH].[HH].[HH].[HH].[HH].[HH].[HH].[HH].[HH].[HH].[HH].[HH]. The van der Waals surface area contributed by atoms with Crippen molar-refractivity contribution >= 4 is 23.4 Å². The maximum Gasteiger partial charge on any atom is 0.445 e. The van der Waals surface area contributed by atoms with Crippen LogP contribution in [-0.4, -0.2) is 12.3 Å². The standard InChI is InChI=1S/C16H13ClF3NO2.13H2/c1-8-5-10(8)3-4-15(16(18,19)20)11-7-12(17)9(2)6-13(11)21-14(22)23-15;;;;;;;;;;;;;/h6-8,10H,5H2,1-2H3,(H,21,22);13*1H/t8?,10?,15-;;;;;;;;;;;;;/m0............./s1/i/hD. The normalized spacial score (nSPS) is 29.9. The van der Waals surface area contributed by atoms with Gasteiger partial charge in [-0.05, 0) is 42.9 Å². The van der Waals surface area contributed by atoms with Gasteiger partial charge in [-0.2, -0.15) is 13.2 Å². The number of ether oxygens (including phenoxy) is 1. The Morgan fingerprint density at radius 3 is 2.78 bits per heavy atom. The fourth-order valence-corrected chi connectivity index (χ4v) is 2.60. The molecule has 1 fully saturated rings. The summed E-state index contributed by atoms with van der Waals surface area (Å²) in [4.78, 5) is 11.9. The monoisotopic (exact) mass is 370 g/mol. The number of hydrogen-bond donors (Lipinski definition) is 1. The molecular formula is C16H39ClF3NO2. The quantitative estimate of drug-likeness (QED) is 0.472. The summed E-state index contributed by atoms with van der Waals surface area (Å²) in [6.45, 7) is 3.45. The molecule has 148 valence electrons. The fourth-order valence-electron chi connectivity index (χ4n) is 2.44. The van der Waals surface area contributed by atoms with Crippen LogP contribution in [0.1, 0.15) is 43.0 Å². The number of halogens is 4. The van der Waals surface area contributed by atoms with Crippen LogP contribution in [0.3, 0.4) is 0 Å². The third kappa shape index (κ3) is 2.63. The molecule has 1 aromatic carbocycles. The van der Waals surface area contributed by atoms with Gasteiger partial charge in [-0.15, -0.1) is 0 Å². The number of nitrogens with one attached hydrogen (secondary N) is 1. The summed E-state index contributed by atoms with van der Waals surface area (Å²) in [6, 6.07) is 2.33. The Labute approximate surface area is 156 Å². The minimum absolute atomic E-state index is 0. The van der Waals surface area contributed by atoms with E-state index in [0.29, 0.717) is 12.0 Å². The molecule has 1 aliphatic heterocycles. The number of benzene rings is 1. The maximum atomic E-state index is 13.9. The summed E-state index contributed by atoms with van der Waals surface area (Å²) in [7, 11) is 0. The highest BCUT2D eigenvalue weighted by molar-refractivity contribution is 6.31. The average Bonchev–Trinajstić information content (AvgIpc) is 3.18. The number of hydrogen-bond acceptors (Lipinski definition) is 2. The third-order valence-electron chi connectivity index (χ3n) is 4.05. The van der Waals surface area contributed by atoms with Gasteiger partial charge in [-0.25, -0.2) is 4.79 Å². The van der Waals surface area contributed by atoms with Gasteiger partial charge in [0.1, 0.15) is 0 Å². The van der Waals surface area contributed by atoms with Crippen molar-refractivity contribution in [3.63, 3.8) is 0 Å². The molecule has 0 saturated heterocycles. The summed E-state index contributed by atoms with van der Waals surface area (Å²) < 4.78 is 53.9. The number of alkyl halides is 3. The Kier molecular flexibility index (Phi) is 3.24. The maximum absolute atomic E-state index is 13.9. The van der Waals surface area contributed by atoms with E-state index in [1.807, 2.05) is 6.92 Å². The van der Waals surface area contributed by atoms with Crippen LogP contribution >= 0.6 is 11.6 Å². The molecule has 0 radical (unpaired) electrons. The first-order valence-electron chi connectivity index (χ1n) is 7.43. The zero-order chi connectivity index (χ0) is 17.9. The number of rotatable bonds is 0. The van der Waals surface area contributed by atoms with E-state index in [9.17, 15) is 18.0 Å². The van der Waals surface area contributed by atoms with E-state index in [0.717, 1.165) is 6.07 Å². The lowest BCUT2D eigenvalue weighted by atomic mass is 9.89. The van der Waals surface area contributed by atoms with E-state index < -0.39 is 23.4 Å². The number of fused-ring (bicyclic) bond motifs is 1. The molecule has 1 amide bonds. The molecule has 7 heteroatoms. The second-order valence-electron chi connectivity index (χ2n) is 5.87. The van der Waals surface area contributed by atoms with E-state index in [2.05, 4.69) is 16.6 Å². The minimum Gasteiger partial charge on any atom is -0.415 e. The lowest BCUT2D eigenvalue weighted by Crippen LogP contribution is -2.49. The summed E-state index contributed by atoms with van der Waals surface area (Å²) >= 11 is 5.97. The Balaban J connectivity index is -0.0000000578. The largest absolute Gasteiger partial charge is 0.445 e. The van der Waals surface area contributed by atoms with E-state index >= 15 is 0 Å². The minimum atomic E-state index is -4.97. The fraction of sp³-hybridized carbons (Fsp3) is 0.438. The van der Waals surface area contributed by atoms with Crippen molar-refractivity contribution < 1.29 is 42.7 Å². The van der Waals surface area contributed by atoms with Gasteiger partial charge in [0.05, 0.1) is 5.69 Å². The number of anilines is 1. The molecular weight excluding hydrogens is 331 g/mol. The van der Waals surface area contributed by atoms with Crippen molar-refractivity contribution in [3.05, 3.63) is 28.3 Å². The van der Waals surface area contributed by atoms with Gasteiger partial charge in [0.2, 0.25) is 0 Å². The zero-order valence-electron chi connectivity index (χ0n) is 13.3. The highest BCUT2D eigenvalue weighted by Gasteiger charge is 2.62. The molecule has 3 atom stereocenters. The molecule has 3 nitrogen and oxygen atoms in total. The van der Waals surface area contributed by atoms with Gasteiger partial charge in [-0.1, -0.05) is 24.4 Å². The van der Waals surface area contributed by atoms with Crippen molar-refractivity contribution in [1.82, 2.24) is 0 Å². The van der Waals surface area contributed by atoms with E-state index in [1.165, 1.54) is 6.07 Å². The first-order chi connectivity index (χ1) is 11.1. The molecule has 1 aliphatic carbocycles. The van der Waals surface area contributed by atoms with Crippen LogP contribution < -0.4 is 5.31 Å².